The summed E-state index contributed by atoms with van der Waals surface area (Å²) in [6.45, 7) is 2.44. The summed E-state index contributed by atoms with van der Waals surface area (Å²) in [6, 6.07) is 6.90. The molecule has 1 aromatic heterocycles. The SMILES string of the molecule is CCc1nc(C(=O)NCCc2ccc(O)cc2)n[nH]1. The lowest BCUT2D eigenvalue weighted by molar-refractivity contribution is 0.0944. The first-order valence-electron chi connectivity index (χ1n) is 6.16. The van der Waals surface area contributed by atoms with Gasteiger partial charge in [0.2, 0.25) is 5.82 Å². The molecule has 0 spiro atoms. The molecule has 6 nitrogen and oxygen atoms in total. The molecule has 0 bridgehead atoms. The Morgan fingerprint density at radius 3 is 2.74 bits per heavy atom. The van der Waals surface area contributed by atoms with E-state index in [4.69, 9.17) is 5.11 Å². The first kappa shape index (κ1) is 13.1. The maximum absolute atomic E-state index is 11.7. The van der Waals surface area contributed by atoms with E-state index >= 15 is 0 Å². The third kappa shape index (κ3) is 3.54. The number of aryl methyl sites for hydroxylation is 1. The number of H-pyrrole nitrogens is 1. The van der Waals surface area contributed by atoms with Crippen molar-refractivity contribution >= 4 is 5.91 Å². The second-order valence-electron chi connectivity index (χ2n) is 4.13. The lowest BCUT2D eigenvalue weighted by atomic mass is 10.1. The predicted octanol–water partition coefficient (Wildman–Crippen LogP) is 1.05. The van der Waals surface area contributed by atoms with Crippen molar-refractivity contribution in [2.45, 2.75) is 19.8 Å². The standard InChI is InChI=1S/C13H16N4O2/c1-2-11-15-12(17-16-11)13(19)14-8-7-9-3-5-10(18)6-4-9/h3-6,18H,2,7-8H2,1H3,(H,14,19)(H,15,16,17). The van der Waals surface area contributed by atoms with Crippen LogP contribution in [0.1, 0.15) is 28.9 Å². The number of aromatic nitrogens is 3. The minimum Gasteiger partial charge on any atom is -0.508 e. The number of carbonyl (C=O) groups is 1. The van der Waals surface area contributed by atoms with Gasteiger partial charge in [0.25, 0.3) is 5.91 Å². The molecule has 0 saturated heterocycles. The molecule has 6 heteroatoms. The van der Waals surface area contributed by atoms with Crippen molar-refractivity contribution in [2.75, 3.05) is 6.54 Å². The van der Waals surface area contributed by atoms with Gasteiger partial charge < -0.3 is 10.4 Å². The second-order valence-corrected chi connectivity index (χ2v) is 4.13. The van der Waals surface area contributed by atoms with E-state index in [1.807, 2.05) is 19.1 Å². The Hall–Kier alpha value is -2.37. The smallest absolute Gasteiger partial charge is 0.290 e. The van der Waals surface area contributed by atoms with Crippen LogP contribution in [0.2, 0.25) is 0 Å². The van der Waals surface area contributed by atoms with Crippen LogP contribution < -0.4 is 5.32 Å². The van der Waals surface area contributed by atoms with Crippen molar-refractivity contribution in [3.63, 3.8) is 0 Å². The van der Waals surface area contributed by atoms with Crippen LogP contribution in [0.3, 0.4) is 0 Å². The van der Waals surface area contributed by atoms with Crippen molar-refractivity contribution < 1.29 is 9.90 Å². The van der Waals surface area contributed by atoms with Crippen LogP contribution in [-0.4, -0.2) is 32.7 Å². The average molecular weight is 260 g/mol. The summed E-state index contributed by atoms with van der Waals surface area (Å²) >= 11 is 0. The number of aromatic hydroxyl groups is 1. The molecule has 2 aromatic rings. The molecule has 1 aromatic carbocycles. The molecule has 0 atom stereocenters. The zero-order chi connectivity index (χ0) is 13.7. The van der Waals surface area contributed by atoms with Gasteiger partial charge in [-0.05, 0) is 24.1 Å². The van der Waals surface area contributed by atoms with Gasteiger partial charge in [0.15, 0.2) is 0 Å². The van der Waals surface area contributed by atoms with Crippen LogP contribution in [0.25, 0.3) is 0 Å². The lowest BCUT2D eigenvalue weighted by Gasteiger charge is -2.03. The maximum Gasteiger partial charge on any atom is 0.290 e. The molecule has 0 aliphatic rings. The summed E-state index contributed by atoms with van der Waals surface area (Å²) < 4.78 is 0. The number of aromatic amines is 1. The molecule has 2 rings (SSSR count). The number of benzene rings is 1. The summed E-state index contributed by atoms with van der Waals surface area (Å²) in [5, 5.41) is 18.5. The average Bonchev–Trinajstić information content (AvgIpc) is 2.90. The number of phenolic OH excluding ortho intramolecular Hbond substituents is 1. The van der Waals surface area contributed by atoms with Crippen molar-refractivity contribution in [1.82, 2.24) is 20.5 Å². The van der Waals surface area contributed by atoms with Gasteiger partial charge in [0.1, 0.15) is 11.6 Å². The molecule has 1 heterocycles. The van der Waals surface area contributed by atoms with Gasteiger partial charge in [0, 0.05) is 13.0 Å². The van der Waals surface area contributed by atoms with Gasteiger partial charge in [-0.25, -0.2) is 4.98 Å². The highest BCUT2D eigenvalue weighted by Crippen LogP contribution is 2.09. The first-order valence-corrected chi connectivity index (χ1v) is 6.16. The second kappa shape index (κ2) is 5.99. The number of hydrogen-bond acceptors (Lipinski definition) is 4. The van der Waals surface area contributed by atoms with Crippen molar-refractivity contribution in [3.05, 3.63) is 41.5 Å². The normalized spacial score (nSPS) is 10.4. The number of hydrogen-bond donors (Lipinski definition) is 3. The topological polar surface area (TPSA) is 90.9 Å². The Balaban J connectivity index is 1.82. The molecule has 0 saturated carbocycles. The zero-order valence-electron chi connectivity index (χ0n) is 10.7. The summed E-state index contributed by atoms with van der Waals surface area (Å²) in [5.74, 6) is 0.821. The third-order valence-electron chi connectivity index (χ3n) is 2.71. The van der Waals surface area contributed by atoms with E-state index in [1.165, 1.54) is 0 Å². The highest BCUT2D eigenvalue weighted by molar-refractivity contribution is 5.90. The molecule has 3 N–H and O–H groups in total. The van der Waals surface area contributed by atoms with Crippen molar-refractivity contribution in [3.8, 4) is 5.75 Å². The highest BCUT2D eigenvalue weighted by atomic mass is 16.3. The maximum atomic E-state index is 11.7. The summed E-state index contributed by atoms with van der Waals surface area (Å²) in [4.78, 5) is 15.8. The Bertz CT molecular complexity index is 548. The Morgan fingerprint density at radius 1 is 1.37 bits per heavy atom. The quantitative estimate of drug-likeness (QED) is 0.749. The molecule has 0 aliphatic heterocycles. The number of carbonyl (C=O) groups excluding carboxylic acids is 1. The molecule has 0 aliphatic carbocycles. The minimum atomic E-state index is -0.283. The van der Waals surface area contributed by atoms with Gasteiger partial charge in [-0.15, -0.1) is 5.10 Å². The molecule has 100 valence electrons. The minimum absolute atomic E-state index is 0.169. The van der Waals surface area contributed by atoms with Crippen LogP contribution in [-0.2, 0) is 12.8 Å². The Labute approximate surface area is 110 Å². The highest BCUT2D eigenvalue weighted by Gasteiger charge is 2.10. The number of amides is 1. The molecular weight excluding hydrogens is 244 g/mol. The number of rotatable bonds is 5. The molecule has 19 heavy (non-hydrogen) atoms. The summed E-state index contributed by atoms with van der Waals surface area (Å²) in [7, 11) is 0. The third-order valence-corrected chi connectivity index (χ3v) is 2.71. The van der Waals surface area contributed by atoms with E-state index in [1.54, 1.807) is 12.1 Å². The number of nitrogens with zero attached hydrogens (tertiary/aromatic N) is 2. The van der Waals surface area contributed by atoms with Gasteiger partial charge in [-0.1, -0.05) is 19.1 Å². The first-order chi connectivity index (χ1) is 9.19. The van der Waals surface area contributed by atoms with E-state index in [0.717, 1.165) is 5.56 Å². The van der Waals surface area contributed by atoms with Gasteiger partial charge in [-0.3, -0.25) is 9.89 Å². The van der Waals surface area contributed by atoms with E-state index in [-0.39, 0.29) is 17.5 Å². The lowest BCUT2D eigenvalue weighted by Crippen LogP contribution is -2.26. The summed E-state index contributed by atoms with van der Waals surface area (Å²) in [6.07, 6.45) is 1.41. The fraction of sp³-hybridized carbons (Fsp3) is 0.308. The van der Waals surface area contributed by atoms with Crippen LogP contribution in [0.5, 0.6) is 5.75 Å². The molecular formula is C13H16N4O2. The van der Waals surface area contributed by atoms with Crippen LogP contribution in [0.4, 0.5) is 0 Å². The molecule has 0 unspecified atom stereocenters. The van der Waals surface area contributed by atoms with Crippen molar-refractivity contribution in [1.29, 1.82) is 0 Å². The van der Waals surface area contributed by atoms with E-state index < -0.39 is 0 Å². The van der Waals surface area contributed by atoms with Crippen LogP contribution >= 0.6 is 0 Å². The van der Waals surface area contributed by atoms with Gasteiger partial charge in [-0.2, -0.15) is 0 Å². The fourth-order valence-corrected chi connectivity index (χ4v) is 1.62. The Morgan fingerprint density at radius 2 is 2.11 bits per heavy atom. The van der Waals surface area contributed by atoms with Gasteiger partial charge >= 0.3 is 0 Å². The molecule has 1 amide bonds. The molecule has 0 radical (unpaired) electrons. The van der Waals surface area contributed by atoms with E-state index in [2.05, 4.69) is 20.5 Å². The van der Waals surface area contributed by atoms with E-state index in [9.17, 15) is 4.79 Å². The molecule has 0 fully saturated rings. The number of phenols is 1. The summed E-state index contributed by atoms with van der Waals surface area (Å²) in [5.41, 5.74) is 1.04. The van der Waals surface area contributed by atoms with Gasteiger partial charge in [0.05, 0.1) is 0 Å². The monoisotopic (exact) mass is 260 g/mol. The zero-order valence-corrected chi connectivity index (χ0v) is 10.7. The van der Waals surface area contributed by atoms with Crippen LogP contribution in [0.15, 0.2) is 24.3 Å². The largest absolute Gasteiger partial charge is 0.508 e. The van der Waals surface area contributed by atoms with Crippen LogP contribution in [0, 0.1) is 0 Å². The van der Waals surface area contributed by atoms with Crippen molar-refractivity contribution in [2.24, 2.45) is 0 Å². The predicted molar refractivity (Wildman–Crippen MR) is 69.9 cm³/mol. The van der Waals surface area contributed by atoms with E-state index in [0.29, 0.717) is 25.2 Å². The Kier molecular flexibility index (Phi) is 4.12. The number of nitrogens with one attached hydrogen (secondary N) is 2. The fourth-order valence-electron chi connectivity index (χ4n) is 1.62.